The third kappa shape index (κ3) is 5.33. The Morgan fingerprint density at radius 1 is 1.25 bits per heavy atom. The normalized spacial score (nSPS) is 12.1. The van der Waals surface area contributed by atoms with Crippen molar-refractivity contribution in [2.24, 2.45) is 0 Å². The van der Waals surface area contributed by atoms with E-state index in [2.05, 4.69) is 19.1 Å². The topological polar surface area (TPSA) is 34.1 Å². The number of hydrogen-bond acceptors (Lipinski definition) is 2. The summed E-state index contributed by atoms with van der Waals surface area (Å²) in [6.45, 7) is 2.11. The fraction of sp³-hybridized carbons (Fsp3) is 0.333. The molecule has 0 spiro atoms. The Morgan fingerprint density at radius 3 is 2.38 bits per heavy atom. The van der Waals surface area contributed by atoms with E-state index in [0.717, 1.165) is 12.0 Å². The highest BCUT2D eigenvalue weighted by molar-refractivity contribution is 8.13. The highest BCUT2D eigenvalue weighted by Gasteiger charge is 2.01. The van der Waals surface area contributed by atoms with Crippen LogP contribution in [0.2, 0.25) is 0 Å². The van der Waals surface area contributed by atoms with Crippen molar-refractivity contribution < 1.29 is 8.42 Å². The van der Waals surface area contributed by atoms with Gasteiger partial charge < -0.3 is 0 Å². The lowest BCUT2D eigenvalue weighted by molar-refractivity contribution is 0.609. The van der Waals surface area contributed by atoms with E-state index in [9.17, 15) is 8.42 Å². The molecule has 1 aromatic rings. The zero-order valence-electron chi connectivity index (χ0n) is 9.19. The van der Waals surface area contributed by atoms with Crippen molar-refractivity contribution in [1.29, 1.82) is 0 Å². The molecule has 16 heavy (non-hydrogen) atoms. The van der Waals surface area contributed by atoms with Gasteiger partial charge in [-0.05, 0) is 24.0 Å². The molecule has 0 aromatic heterocycles. The Kier molecular flexibility index (Phi) is 5.03. The highest BCUT2D eigenvalue weighted by Crippen LogP contribution is 2.08. The second-order valence-electron chi connectivity index (χ2n) is 3.53. The van der Waals surface area contributed by atoms with Crippen molar-refractivity contribution in [3.63, 3.8) is 0 Å². The Hall–Kier alpha value is -0.800. The SMILES string of the molecule is CCc1ccc(/C=C/CCS(=O)(=O)Cl)cc1. The lowest BCUT2D eigenvalue weighted by Gasteiger charge is -1.97. The van der Waals surface area contributed by atoms with Crippen LogP contribution in [-0.4, -0.2) is 14.2 Å². The molecule has 2 nitrogen and oxygen atoms in total. The maximum atomic E-state index is 10.7. The molecule has 0 aliphatic heterocycles. The smallest absolute Gasteiger partial charge is 0.212 e. The van der Waals surface area contributed by atoms with E-state index in [1.807, 2.05) is 24.3 Å². The molecule has 0 heterocycles. The summed E-state index contributed by atoms with van der Waals surface area (Å²) in [6.07, 6.45) is 5.19. The third-order valence-corrected chi connectivity index (χ3v) is 3.41. The van der Waals surface area contributed by atoms with Crippen molar-refractivity contribution in [1.82, 2.24) is 0 Å². The summed E-state index contributed by atoms with van der Waals surface area (Å²) in [7, 11) is 1.72. The number of benzene rings is 1. The molecule has 0 N–H and O–H groups in total. The van der Waals surface area contributed by atoms with Crippen LogP contribution in [0.15, 0.2) is 30.3 Å². The Labute approximate surface area is 101 Å². The van der Waals surface area contributed by atoms with Crippen molar-refractivity contribution in [2.75, 3.05) is 5.75 Å². The first-order valence-corrected chi connectivity index (χ1v) is 7.67. The second-order valence-corrected chi connectivity index (χ2v) is 6.43. The van der Waals surface area contributed by atoms with Crippen LogP contribution in [0.4, 0.5) is 0 Å². The molecule has 0 atom stereocenters. The number of hydrogen-bond donors (Lipinski definition) is 0. The van der Waals surface area contributed by atoms with Crippen LogP contribution in [0, 0.1) is 0 Å². The molecular formula is C12H15ClO2S. The van der Waals surface area contributed by atoms with E-state index in [4.69, 9.17) is 10.7 Å². The van der Waals surface area contributed by atoms with Gasteiger partial charge in [-0.3, -0.25) is 0 Å². The van der Waals surface area contributed by atoms with E-state index < -0.39 is 9.05 Å². The molecule has 0 saturated carbocycles. The molecule has 1 aromatic carbocycles. The molecule has 88 valence electrons. The average Bonchev–Trinajstić information content (AvgIpc) is 2.24. The van der Waals surface area contributed by atoms with Crippen LogP contribution in [0.25, 0.3) is 6.08 Å². The van der Waals surface area contributed by atoms with Gasteiger partial charge in [-0.25, -0.2) is 8.42 Å². The maximum absolute atomic E-state index is 10.7. The van der Waals surface area contributed by atoms with Crippen LogP contribution in [0.3, 0.4) is 0 Å². The average molecular weight is 259 g/mol. The molecule has 0 fully saturated rings. The molecule has 0 aliphatic rings. The van der Waals surface area contributed by atoms with Crippen LogP contribution in [0.5, 0.6) is 0 Å². The second kappa shape index (κ2) is 6.06. The van der Waals surface area contributed by atoms with E-state index >= 15 is 0 Å². The molecule has 0 saturated heterocycles. The zero-order chi connectivity index (χ0) is 12.0. The van der Waals surface area contributed by atoms with Gasteiger partial charge in [0, 0.05) is 10.7 Å². The third-order valence-electron chi connectivity index (χ3n) is 2.23. The number of rotatable bonds is 5. The summed E-state index contributed by atoms with van der Waals surface area (Å²) >= 11 is 0. The van der Waals surface area contributed by atoms with Crippen LogP contribution < -0.4 is 0 Å². The fourth-order valence-corrected chi connectivity index (χ4v) is 1.98. The van der Waals surface area contributed by atoms with Gasteiger partial charge in [0.25, 0.3) is 0 Å². The van der Waals surface area contributed by atoms with Crippen molar-refractivity contribution in [2.45, 2.75) is 19.8 Å². The minimum absolute atomic E-state index is 0.0158. The molecule has 0 unspecified atom stereocenters. The molecule has 4 heteroatoms. The van der Waals surface area contributed by atoms with Gasteiger partial charge >= 0.3 is 0 Å². The molecule has 0 amide bonds. The molecule has 0 bridgehead atoms. The van der Waals surface area contributed by atoms with E-state index in [1.54, 1.807) is 0 Å². The van der Waals surface area contributed by atoms with E-state index in [-0.39, 0.29) is 5.75 Å². The molecule has 0 radical (unpaired) electrons. The molecule has 0 aliphatic carbocycles. The van der Waals surface area contributed by atoms with Gasteiger partial charge in [0.2, 0.25) is 9.05 Å². The minimum Gasteiger partial charge on any atom is -0.212 e. The van der Waals surface area contributed by atoms with Crippen LogP contribution in [0.1, 0.15) is 24.5 Å². The molecule has 1 rings (SSSR count). The predicted molar refractivity (Wildman–Crippen MR) is 69.1 cm³/mol. The summed E-state index contributed by atoms with van der Waals surface area (Å²) in [5, 5.41) is 0. The lowest BCUT2D eigenvalue weighted by atomic mass is 10.1. The first-order chi connectivity index (χ1) is 7.51. The Balaban J connectivity index is 2.50. The van der Waals surface area contributed by atoms with Gasteiger partial charge in [-0.1, -0.05) is 43.3 Å². The summed E-state index contributed by atoms with van der Waals surface area (Å²) in [5.41, 5.74) is 2.37. The molecular weight excluding hydrogens is 244 g/mol. The van der Waals surface area contributed by atoms with E-state index in [1.165, 1.54) is 5.56 Å². The highest BCUT2D eigenvalue weighted by atomic mass is 35.7. The van der Waals surface area contributed by atoms with Gasteiger partial charge in [0.1, 0.15) is 0 Å². The number of allylic oxidation sites excluding steroid dienone is 1. The fourth-order valence-electron chi connectivity index (χ4n) is 1.29. The summed E-state index contributed by atoms with van der Waals surface area (Å²) < 4.78 is 21.3. The van der Waals surface area contributed by atoms with Gasteiger partial charge in [0.15, 0.2) is 0 Å². The number of aryl methyl sites for hydroxylation is 1. The lowest BCUT2D eigenvalue weighted by Crippen LogP contribution is -1.94. The van der Waals surface area contributed by atoms with Gasteiger partial charge in [0.05, 0.1) is 5.75 Å². The van der Waals surface area contributed by atoms with Gasteiger partial charge in [-0.2, -0.15) is 0 Å². The predicted octanol–water partition coefficient (Wildman–Crippen LogP) is 3.22. The first kappa shape index (κ1) is 13.3. The summed E-state index contributed by atoms with van der Waals surface area (Å²) in [5.74, 6) is -0.0158. The zero-order valence-corrected chi connectivity index (χ0v) is 10.8. The largest absolute Gasteiger partial charge is 0.232 e. The Morgan fingerprint density at radius 2 is 1.88 bits per heavy atom. The quantitative estimate of drug-likeness (QED) is 0.760. The van der Waals surface area contributed by atoms with E-state index in [0.29, 0.717) is 6.42 Å². The minimum atomic E-state index is -3.37. The Bertz CT molecular complexity index is 446. The van der Waals surface area contributed by atoms with Crippen molar-refractivity contribution in [3.05, 3.63) is 41.5 Å². The van der Waals surface area contributed by atoms with Crippen LogP contribution in [-0.2, 0) is 15.5 Å². The number of halogens is 1. The van der Waals surface area contributed by atoms with Gasteiger partial charge in [-0.15, -0.1) is 0 Å². The maximum Gasteiger partial charge on any atom is 0.232 e. The van der Waals surface area contributed by atoms with Crippen molar-refractivity contribution in [3.8, 4) is 0 Å². The first-order valence-electron chi connectivity index (χ1n) is 5.19. The van der Waals surface area contributed by atoms with Crippen LogP contribution >= 0.6 is 10.7 Å². The summed E-state index contributed by atoms with van der Waals surface area (Å²) in [6, 6.07) is 8.17. The van der Waals surface area contributed by atoms with Crippen molar-refractivity contribution >= 4 is 25.8 Å². The monoisotopic (exact) mass is 258 g/mol. The summed E-state index contributed by atoms with van der Waals surface area (Å²) in [4.78, 5) is 0. The standard InChI is InChI=1S/C12H15ClO2S/c1-2-11-6-8-12(9-7-11)5-3-4-10-16(13,14)15/h3,5-9H,2,4,10H2,1H3/b5-3+.